The fourth-order valence-electron chi connectivity index (χ4n) is 3.94. The fraction of sp³-hybridized carbons (Fsp3) is 0.182. The van der Waals surface area contributed by atoms with Crippen LogP contribution in [-0.4, -0.2) is 24.1 Å². The summed E-state index contributed by atoms with van der Waals surface area (Å²) in [5, 5.41) is 11.7. The van der Waals surface area contributed by atoms with Crippen molar-refractivity contribution >= 4 is 28.3 Å². The number of carboxylic acids is 1. The molecule has 0 aliphatic carbocycles. The van der Waals surface area contributed by atoms with Crippen molar-refractivity contribution in [2.45, 2.75) is 12.5 Å². The van der Waals surface area contributed by atoms with Crippen molar-refractivity contribution < 1.29 is 19.4 Å². The second-order valence-corrected chi connectivity index (χ2v) is 6.60. The van der Waals surface area contributed by atoms with Crippen LogP contribution in [0.25, 0.3) is 10.8 Å². The Morgan fingerprint density at radius 2 is 1.74 bits per heavy atom. The number of ether oxygens (including phenoxy) is 1. The van der Waals surface area contributed by atoms with Crippen molar-refractivity contribution in [1.29, 1.82) is 0 Å². The van der Waals surface area contributed by atoms with Crippen LogP contribution in [0.1, 0.15) is 18.0 Å². The van der Waals surface area contributed by atoms with Gasteiger partial charge in [-0.25, -0.2) is 0 Å². The van der Waals surface area contributed by atoms with E-state index in [4.69, 9.17) is 4.74 Å². The first kappa shape index (κ1) is 17.1. The average molecular weight is 361 g/mol. The quantitative estimate of drug-likeness (QED) is 0.762. The number of fused-ring (bicyclic) bond motifs is 1. The number of methoxy groups -OCH3 is 1. The summed E-state index contributed by atoms with van der Waals surface area (Å²) in [5.74, 6) is -1.45. The molecule has 1 N–H and O–H groups in total. The smallest absolute Gasteiger partial charge is 0.309 e. The van der Waals surface area contributed by atoms with E-state index in [0.717, 1.165) is 16.3 Å². The number of hydrogen-bond donors (Lipinski definition) is 1. The first-order valence-corrected chi connectivity index (χ1v) is 8.77. The van der Waals surface area contributed by atoms with Crippen LogP contribution in [0.3, 0.4) is 0 Å². The van der Waals surface area contributed by atoms with E-state index in [9.17, 15) is 14.7 Å². The molecular formula is C22H19NO4. The molecule has 3 aromatic carbocycles. The van der Waals surface area contributed by atoms with Crippen molar-refractivity contribution in [3.8, 4) is 5.75 Å². The predicted octanol–water partition coefficient (Wildman–Crippen LogP) is 4.03. The van der Waals surface area contributed by atoms with Gasteiger partial charge in [-0.3, -0.25) is 9.59 Å². The molecule has 4 rings (SSSR count). The highest BCUT2D eigenvalue weighted by molar-refractivity contribution is 6.02. The molecule has 1 aliphatic rings. The third kappa shape index (κ3) is 2.81. The fourth-order valence-corrected chi connectivity index (χ4v) is 3.94. The third-order valence-electron chi connectivity index (χ3n) is 5.12. The van der Waals surface area contributed by atoms with Crippen LogP contribution in [0.2, 0.25) is 0 Å². The molecule has 2 atom stereocenters. The van der Waals surface area contributed by atoms with Gasteiger partial charge >= 0.3 is 5.97 Å². The highest BCUT2D eigenvalue weighted by atomic mass is 16.5. The Bertz CT molecular complexity index is 1020. The molecule has 136 valence electrons. The maximum Gasteiger partial charge on any atom is 0.309 e. The molecular weight excluding hydrogens is 342 g/mol. The van der Waals surface area contributed by atoms with Crippen LogP contribution < -0.4 is 9.64 Å². The van der Waals surface area contributed by atoms with E-state index in [1.165, 1.54) is 0 Å². The number of aliphatic carboxylic acids is 1. The van der Waals surface area contributed by atoms with Crippen molar-refractivity contribution in [1.82, 2.24) is 0 Å². The van der Waals surface area contributed by atoms with Gasteiger partial charge in [0.2, 0.25) is 5.91 Å². The lowest BCUT2D eigenvalue weighted by atomic mass is 9.89. The van der Waals surface area contributed by atoms with Crippen LogP contribution in [0.5, 0.6) is 5.75 Å². The van der Waals surface area contributed by atoms with Crippen molar-refractivity contribution in [2.75, 3.05) is 12.0 Å². The summed E-state index contributed by atoms with van der Waals surface area (Å²) in [6, 6.07) is 20.1. The first-order valence-electron chi connectivity index (χ1n) is 8.77. The van der Waals surface area contributed by atoms with Crippen molar-refractivity contribution in [3.05, 3.63) is 72.3 Å². The van der Waals surface area contributed by atoms with E-state index in [0.29, 0.717) is 11.4 Å². The average Bonchev–Trinajstić information content (AvgIpc) is 3.04. The van der Waals surface area contributed by atoms with E-state index in [1.54, 1.807) is 12.0 Å². The SMILES string of the molecule is COc1ccc2ccccc2c1C1C(C(=O)O)CC(=O)N1c1ccccc1. The molecule has 27 heavy (non-hydrogen) atoms. The number of carbonyl (C=O) groups excluding carboxylic acids is 1. The normalized spacial score (nSPS) is 19.4. The van der Waals surface area contributed by atoms with Crippen LogP contribution >= 0.6 is 0 Å². The topological polar surface area (TPSA) is 66.8 Å². The summed E-state index contributed by atoms with van der Waals surface area (Å²) in [5.41, 5.74) is 1.42. The van der Waals surface area contributed by atoms with Gasteiger partial charge in [-0.1, -0.05) is 48.5 Å². The number of hydrogen-bond acceptors (Lipinski definition) is 3. The van der Waals surface area contributed by atoms with Gasteiger partial charge in [0, 0.05) is 17.7 Å². The molecule has 5 nitrogen and oxygen atoms in total. The number of anilines is 1. The van der Waals surface area contributed by atoms with E-state index in [2.05, 4.69) is 0 Å². The third-order valence-corrected chi connectivity index (χ3v) is 5.12. The Balaban J connectivity index is 1.99. The zero-order valence-corrected chi connectivity index (χ0v) is 14.8. The number of carbonyl (C=O) groups is 2. The molecule has 2 unspecified atom stereocenters. The van der Waals surface area contributed by atoms with E-state index >= 15 is 0 Å². The minimum absolute atomic E-state index is 0.0404. The van der Waals surface area contributed by atoms with Crippen molar-refractivity contribution in [2.24, 2.45) is 5.92 Å². The predicted molar refractivity (Wildman–Crippen MR) is 103 cm³/mol. The molecule has 0 radical (unpaired) electrons. The van der Waals surface area contributed by atoms with Gasteiger partial charge in [0.25, 0.3) is 0 Å². The molecule has 1 fully saturated rings. The minimum atomic E-state index is -0.984. The van der Waals surface area contributed by atoms with Crippen LogP contribution in [-0.2, 0) is 9.59 Å². The molecule has 1 heterocycles. The Kier molecular flexibility index (Phi) is 4.28. The van der Waals surface area contributed by atoms with E-state index < -0.39 is 17.9 Å². The van der Waals surface area contributed by atoms with Gasteiger partial charge in [0.05, 0.1) is 19.1 Å². The molecule has 0 aromatic heterocycles. The molecule has 1 aliphatic heterocycles. The summed E-state index contributed by atoms with van der Waals surface area (Å²) in [6.07, 6.45) is -0.0404. The molecule has 1 saturated heterocycles. The second-order valence-electron chi connectivity index (χ2n) is 6.60. The Morgan fingerprint density at radius 1 is 1.04 bits per heavy atom. The molecule has 5 heteroatoms. The van der Waals surface area contributed by atoms with Crippen LogP contribution in [0, 0.1) is 5.92 Å². The summed E-state index contributed by atoms with van der Waals surface area (Å²) in [6.45, 7) is 0. The van der Waals surface area contributed by atoms with Crippen LogP contribution in [0.4, 0.5) is 5.69 Å². The summed E-state index contributed by atoms with van der Waals surface area (Å²) in [4.78, 5) is 26.5. The lowest BCUT2D eigenvalue weighted by molar-refractivity contribution is -0.142. The first-order chi connectivity index (χ1) is 13.1. The molecule has 1 amide bonds. The lowest BCUT2D eigenvalue weighted by Gasteiger charge is -2.29. The highest BCUT2D eigenvalue weighted by Crippen LogP contribution is 2.46. The zero-order chi connectivity index (χ0) is 19.0. The number of benzene rings is 3. The van der Waals surface area contributed by atoms with Crippen LogP contribution in [0.15, 0.2) is 66.7 Å². The largest absolute Gasteiger partial charge is 0.496 e. The summed E-state index contributed by atoms with van der Waals surface area (Å²) < 4.78 is 5.58. The summed E-state index contributed by atoms with van der Waals surface area (Å²) >= 11 is 0. The number of para-hydroxylation sites is 1. The monoisotopic (exact) mass is 361 g/mol. The van der Waals surface area contributed by atoms with Crippen molar-refractivity contribution in [3.63, 3.8) is 0 Å². The molecule has 3 aromatic rings. The maximum atomic E-state index is 12.8. The van der Waals surface area contributed by atoms with E-state index in [-0.39, 0.29) is 12.3 Å². The Morgan fingerprint density at radius 3 is 2.44 bits per heavy atom. The summed E-state index contributed by atoms with van der Waals surface area (Å²) in [7, 11) is 1.56. The zero-order valence-electron chi connectivity index (χ0n) is 14.8. The van der Waals surface area contributed by atoms with Gasteiger partial charge in [0.15, 0.2) is 0 Å². The van der Waals surface area contributed by atoms with Gasteiger partial charge < -0.3 is 14.7 Å². The number of amides is 1. The number of nitrogens with zero attached hydrogens (tertiary/aromatic N) is 1. The minimum Gasteiger partial charge on any atom is -0.496 e. The van der Waals surface area contributed by atoms with E-state index in [1.807, 2.05) is 66.7 Å². The lowest BCUT2D eigenvalue weighted by Crippen LogP contribution is -2.31. The molecule has 0 saturated carbocycles. The highest BCUT2D eigenvalue weighted by Gasteiger charge is 2.47. The van der Waals surface area contributed by atoms with Gasteiger partial charge in [-0.2, -0.15) is 0 Å². The standard InChI is InChI=1S/C22H19NO4/c1-27-18-12-11-14-7-5-6-10-16(14)20(18)21-17(22(25)26)13-19(24)23(21)15-8-3-2-4-9-15/h2-12,17,21H,13H2,1H3,(H,25,26). The van der Waals surface area contributed by atoms with Gasteiger partial charge in [0.1, 0.15) is 5.75 Å². The van der Waals surface area contributed by atoms with Gasteiger partial charge in [-0.15, -0.1) is 0 Å². The second kappa shape index (κ2) is 6.76. The number of carboxylic acid groups (broad SMARTS) is 1. The Labute approximate surface area is 156 Å². The molecule has 0 bridgehead atoms. The Hall–Kier alpha value is -3.34. The maximum absolute atomic E-state index is 12.8. The number of rotatable bonds is 4. The van der Waals surface area contributed by atoms with Gasteiger partial charge in [-0.05, 0) is 29.0 Å². The molecule has 0 spiro atoms.